The molecule has 17 heavy (non-hydrogen) atoms. The van der Waals surface area contributed by atoms with E-state index >= 15 is 0 Å². The average molecular weight is 317 g/mol. The zero-order valence-corrected chi connectivity index (χ0v) is 12.5. The summed E-state index contributed by atoms with van der Waals surface area (Å²) in [5.74, 6) is 0.932. The fourth-order valence-electron chi connectivity index (χ4n) is 2.39. The highest BCUT2D eigenvalue weighted by atomic mass is 79.9. The SMILES string of the molecule is CNC(Cc1ccc(Br)cc1Cl)CC1CCC1. The van der Waals surface area contributed by atoms with Gasteiger partial charge >= 0.3 is 0 Å². The molecule has 2 rings (SSSR count). The zero-order valence-electron chi connectivity index (χ0n) is 10.2. The van der Waals surface area contributed by atoms with Gasteiger partial charge < -0.3 is 5.32 Å². The maximum Gasteiger partial charge on any atom is 0.0449 e. The maximum atomic E-state index is 6.26. The Balaban J connectivity index is 1.96. The molecule has 1 N–H and O–H groups in total. The van der Waals surface area contributed by atoms with Crippen LogP contribution in [0.5, 0.6) is 0 Å². The van der Waals surface area contributed by atoms with E-state index in [2.05, 4.69) is 40.4 Å². The topological polar surface area (TPSA) is 12.0 Å². The quantitative estimate of drug-likeness (QED) is 0.847. The van der Waals surface area contributed by atoms with Crippen molar-refractivity contribution in [3.63, 3.8) is 0 Å². The third-order valence-corrected chi connectivity index (χ3v) is 4.58. The first-order valence-corrected chi connectivity index (χ1v) is 7.47. The molecule has 3 heteroatoms. The van der Waals surface area contributed by atoms with E-state index in [1.54, 1.807) is 0 Å². The Bertz CT molecular complexity index is 376. The Morgan fingerprint density at radius 3 is 2.76 bits per heavy atom. The van der Waals surface area contributed by atoms with E-state index in [9.17, 15) is 0 Å². The minimum absolute atomic E-state index is 0.555. The van der Waals surface area contributed by atoms with Crippen LogP contribution in [-0.4, -0.2) is 13.1 Å². The van der Waals surface area contributed by atoms with Gasteiger partial charge in [0.15, 0.2) is 0 Å². The summed E-state index contributed by atoms with van der Waals surface area (Å²) in [7, 11) is 2.05. The number of hydrogen-bond acceptors (Lipinski definition) is 1. The lowest BCUT2D eigenvalue weighted by molar-refractivity contribution is 0.263. The van der Waals surface area contributed by atoms with Gasteiger partial charge in [-0.2, -0.15) is 0 Å². The van der Waals surface area contributed by atoms with Gasteiger partial charge in [-0.3, -0.25) is 0 Å². The van der Waals surface area contributed by atoms with Gasteiger partial charge in [-0.05, 0) is 43.5 Å². The van der Waals surface area contributed by atoms with Gasteiger partial charge in [-0.15, -0.1) is 0 Å². The largest absolute Gasteiger partial charge is 0.317 e. The van der Waals surface area contributed by atoms with Crippen LogP contribution in [0.15, 0.2) is 22.7 Å². The summed E-state index contributed by atoms with van der Waals surface area (Å²) in [6.07, 6.45) is 6.54. The lowest BCUT2D eigenvalue weighted by atomic mass is 9.80. The van der Waals surface area contributed by atoms with Crippen molar-refractivity contribution in [3.8, 4) is 0 Å². The molecule has 1 aliphatic rings. The number of rotatable bonds is 5. The first kappa shape index (κ1) is 13.4. The Kier molecular flexibility index (Phi) is 4.89. The van der Waals surface area contributed by atoms with Gasteiger partial charge in [-0.1, -0.05) is 52.9 Å². The van der Waals surface area contributed by atoms with Gasteiger partial charge in [0.25, 0.3) is 0 Å². The highest BCUT2D eigenvalue weighted by molar-refractivity contribution is 9.10. The fraction of sp³-hybridized carbons (Fsp3) is 0.571. The molecule has 0 radical (unpaired) electrons. The number of nitrogens with one attached hydrogen (secondary N) is 1. The van der Waals surface area contributed by atoms with E-state index in [1.165, 1.54) is 31.2 Å². The van der Waals surface area contributed by atoms with Gasteiger partial charge in [0, 0.05) is 15.5 Å². The Morgan fingerprint density at radius 1 is 1.47 bits per heavy atom. The molecule has 0 spiro atoms. The van der Waals surface area contributed by atoms with Gasteiger partial charge in [0.1, 0.15) is 0 Å². The summed E-state index contributed by atoms with van der Waals surface area (Å²) in [6, 6.07) is 6.72. The van der Waals surface area contributed by atoms with Crippen LogP contribution in [0.2, 0.25) is 5.02 Å². The monoisotopic (exact) mass is 315 g/mol. The summed E-state index contributed by atoms with van der Waals surface area (Å²) < 4.78 is 1.05. The normalized spacial score (nSPS) is 17.8. The minimum atomic E-state index is 0.555. The van der Waals surface area contributed by atoms with Crippen LogP contribution in [0.4, 0.5) is 0 Å². The third-order valence-electron chi connectivity index (χ3n) is 3.73. The van der Waals surface area contributed by atoms with Crippen molar-refractivity contribution in [2.75, 3.05) is 7.05 Å². The summed E-state index contributed by atoms with van der Waals surface area (Å²) in [6.45, 7) is 0. The van der Waals surface area contributed by atoms with E-state index in [-0.39, 0.29) is 0 Å². The zero-order chi connectivity index (χ0) is 12.3. The first-order valence-electron chi connectivity index (χ1n) is 6.30. The van der Waals surface area contributed by atoms with Crippen molar-refractivity contribution in [2.45, 2.75) is 38.1 Å². The molecule has 1 aromatic carbocycles. The number of benzene rings is 1. The molecule has 0 amide bonds. The molecule has 1 saturated carbocycles. The smallest absolute Gasteiger partial charge is 0.0449 e. The van der Waals surface area contributed by atoms with Crippen LogP contribution >= 0.6 is 27.5 Å². The summed E-state index contributed by atoms with van der Waals surface area (Å²) in [4.78, 5) is 0. The minimum Gasteiger partial charge on any atom is -0.317 e. The van der Waals surface area contributed by atoms with Crippen LogP contribution in [0.3, 0.4) is 0 Å². The molecule has 1 aliphatic carbocycles. The molecule has 94 valence electrons. The standard InChI is InChI=1S/C14H19BrClN/c1-17-13(7-10-3-2-4-10)8-11-5-6-12(15)9-14(11)16/h5-6,9-10,13,17H,2-4,7-8H2,1H3. The summed E-state index contributed by atoms with van der Waals surface area (Å²) >= 11 is 9.70. The molecule has 0 aromatic heterocycles. The van der Waals surface area contributed by atoms with Gasteiger partial charge in [-0.25, -0.2) is 0 Å². The van der Waals surface area contributed by atoms with Crippen molar-refractivity contribution >= 4 is 27.5 Å². The molecule has 0 saturated heterocycles. The predicted molar refractivity (Wildman–Crippen MR) is 77.7 cm³/mol. The molecule has 1 atom stereocenters. The van der Waals surface area contributed by atoms with E-state index in [1.807, 2.05) is 6.07 Å². The highest BCUT2D eigenvalue weighted by Crippen LogP contribution is 2.31. The van der Waals surface area contributed by atoms with Crippen molar-refractivity contribution in [2.24, 2.45) is 5.92 Å². The third kappa shape index (κ3) is 3.70. The highest BCUT2D eigenvalue weighted by Gasteiger charge is 2.21. The Labute approximate surface area is 117 Å². The van der Waals surface area contributed by atoms with E-state index in [0.29, 0.717) is 6.04 Å². The molecule has 1 nitrogen and oxygen atoms in total. The van der Waals surface area contributed by atoms with Crippen molar-refractivity contribution in [1.82, 2.24) is 5.32 Å². The van der Waals surface area contributed by atoms with Crippen LogP contribution < -0.4 is 5.32 Å². The lowest BCUT2D eigenvalue weighted by Gasteiger charge is -2.29. The van der Waals surface area contributed by atoms with E-state index in [4.69, 9.17) is 11.6 Å². The molecule has 1 aromatic rings. The molecular weight excluding hydrogens is 298 g/mol. The van der Waals surface area contributed by atoms with Crippen LogP contribution in [0, 0.1) is 5.92 Å². The number of halogens is 2. The first-order chi connectivity index (χ1) is 8.19. The maximum absolute atomic E-state index is 6.26. The van der Waals surface area contributed by atoms with Crippen LogP contribution in [0.25, 0.3) is 0 Å². The Morgan fingerprint density at radius 2 is 2.24 bits per heavy atom. The molecule has 1 fully saturated rings. The van der Waals surface area contributed by atoms with Gasteiger partial charge in [0.2, 0.25) is 0 Å². The molecule has 0 bridgehead atoms. The van der Waals surface area contributed by atoms with Crippen molar-refractivity contribution < 1.29 is 0 Å². The van der Waals surface area contributed by atoms with E-state index in [0.717, 1.165) is 21.8 Å². The predicted octanol–water partition coefficient (Wildman–Crippen LogP) is 4.42. The number of likely N-dealkylation sites (N-methyl/N-ethyl adjacent to an activating group) is 1. The summed E-state index contributed by atoms with van der Waals surface area (Å²) in [5.41, 5.74) is 1.24. The van der Waals surface area contributed by atoms with Crippen LogP contribution in [-0.2, 0) is 6.42 Å². The fourth-order valence-corrected chi connectivity index (χ4v) is 3.14. The van der Waals surface area contributed by atoms with Gasteiger partial charge in [0.05, 0.1) is 0 Å². The lowest BCUT2D eigenvalue weighted by Crippen LogP contribution is -2.32. The van der Waals surface area contributed by atoms with Crippen molar-refractivity contribution in [3.05, 3.63) is 33.3 Å². The van der Waals surface area contributed by atoms with E-state index < -0.39 is 0 Å². The second kappa shape index (κ2) is 6.21. The molecular formula is C14H19BrClN. The molecule has 0 heterocycles. The second-order valence-electron chi connectivity index (χ2n) is 4.96. The summed E-state index contributed by atoms with van der Waals surface area (Å²) in [5, 5.41) is 4.29. The Hall–Kier alpha value is -0.0500. The molecule has 1 unspecified atom stereocenters. The molecule has 0 aliphatic heterocycles. The second-order valence-corrected chi connectivity index (χ2v) is 6.28. The average Bonchev–Trinajstić information content (AvgIpc) is 2.24. The van der Waals surface area contributed by atoms with Crippen LogP contribution in [0.1, 0.15) is 31.2 Å². The number of hydrogen-bond donors (Lipinski definition) is 1. The van der Waals surface area contributed by atoms with Crippen molar-refractivity contribution in [1.29, 1.82) is 0 Å².